The van der Waals surface area contributed by atoms with Crippen molar-refractivity contribution in [2.45, 2.75) is 39.1 Å². The zero-order valence-corrected chi connectivity index (χ0v) is 6.00. The molecular formula is C7H14O2. The summed E-state index contributed by atoms with van der Waals surface area (Å²) >= 11 is 0. The highest BCUT2D eigenvalue weighted by atomic mass is 16.6. The zero-order valence-electron chi connectivity index (χ0n) is 6.00. The second kappa shape index (κ2) is 2.67. The fourth-order valence-electron chi connectivity index (χ4n) is 1.09. The van der Waals surface area contributed by atoms with Crippen LogP contribution >= 0.6 is 0 Å². The Morgan fingerprint density at radius 1 is 1.33 bits per heavy atom. The molecule has 0 radical (unpaired) electrons. The third-order valence-electron chi connectivity index (χ3n) is 2.04. The quantitative estimate of drug-likeness (QED) is 0.533. The van der Waals surface area contributed by atoms with Gasteiger partial charge in [0.15, 0.2) is 6.29 Å². The lowest BCUT2D eigenvalue weighted by Gasteiger charge is -2.29. The molecule has 1 saturated heterocycles. The molecule has 0 aromatic carbocycles. The molecule has 2 nitrogen and oxygen atoms in total. The van der Waals surface area contributed by atoms with Crippen LogP contribution in [0.1, 0.15) is 26.7 Å². The van der Waals surface area contributed by atoms with E-state index >= 15 is 0 Å². The van der Waals surface area contributed by atoms with Crippen molar-refractivity contribution in [3.8, 4) is 0 Å². The normalized spacial score (nSPS) is 45.0. The summed E-state index contributed by atoms with van der Waals surface area (Å²) in [5.41, 5.74) is 0. The van der Waals surface area contributed by atoms with Gasteiger partial charge in [-0.1, -0.05) is 6.92 Å². The van der Waals surface area contributed by atoms with Gasteiger partial charge in [0.1, 0.15) is 0 Å². The largest absolute Gasteiger partial charge is 0.368 e. The molecule has 0 bridgehead atoms. The Labute approximate surface area is 55.8 Å². The first-order valence-electron chi connectivity index (χ1n) is 3.53. The van der Waals surface area contributed by atoms with Crippen molar-refractivity contribution in [3.05, 3.63) is 0 Å². The molecular weight excluding hydrogens is 116 g/mol. The summed E-state index contributed by atoms with van der Waals surface area (Å²) in [7, 11) is 0. The van der Waals surface area contributed by atoms with E-state index in [0.29, 0.717) is 5.92 Å². The van der Waals surface area contributed by atoms with Gasteiger partial charge in [0.05, 0.1) is 6.10 Å². The van der Waals surface area contributed by atoms with Crippen LogP contribution in [0, 0.1) is 5.92 Å². The van der Waals surface area contributed by atoms with E-state index in [-0.39, 0.29) is 6.10 Å². The van der Waals surface area contributed by atoms with E-state index in [4.69, 9.17) is 9.84 Å². The Hall–Kier alpha value is -0.0800. The van der Waals surface area contributed by atoms with Crippen LogP contribution in [0.4, 0.5) is 0 Å². The smallest absolute Gasteiger partial charge is 0.154 e. The molecule has 1 aliphatic rings. The number of aliphatic hydroxyl groups excluding tert-OH is 1. The van der Waals surface area contributed by atoms with Gasteiger partial charge in [0.2, 0.25) is 0 Å². The van der Waals surface area contributed by atoms with Crippen LogP contribution in [0.2, 0.25) is 0 Å². The summed E-state index contributed by atoms with van der Waals surface area (Å²) in [6.45, 7) is 4.16. The van der Waals surface area contributed by atoms with Crippen molar-refractivity contribution in [2.75, 3.05) is 0 Å². The van der Waals surface area contributed by atoms with E-state index in [1.807, 2.05) is 6.92 Å². The van der Waals surface area contributed by atoms with Crippen molar-refractivity contribution in [1.29, 1.82) is 0 Å². The summed E-state index contributed by atoms with van der Waals surface area (Å²) in [6.07, 6.45) is 1.61. The molecule has 0 aromatic heterocycles. The van der Waals surface area contributed by atoms with E-state index in [1.165, 1.54) is 0 Å². The second-order valence-electron chi connectivity index (χ2n) is 2.85. The molecule has 1 aliphatic heterocycles. The number of aliphatic hydroxyl groups is 1. The highest BCUT2D eigenvalue weighted by molar-refractivity contribution is 4.67. The SMILES string of the molecule is CC1CCC(O)OC1C. The second-order valence-corrected chi connectivity index (χ2v) is 2.85. The maximum atomic E-state index is 8.98. The third kappa shape index (κ3) is 1.66. The summed E-state index contributed by atoms with van der Waals surface area (Å²) in [6, 6.07) is 0. The highest BCUT2D eigenvalue weighted by Crippen LogP contribution is 2.22. The summed E-state index contributed by atoms with van der Waals surface area (Å²) in [5, 5.41) is 8.98. The standard InChI is InChI=1S/C7H14O2/c1-5-3-4-7(8)9-6(5)2/h5-8H,3-4H2,1-2H3. The van der Waals surface area contributed by atoms with Gasteiger partial charge in [-0.25, -0.2) is 0 Å². The fourth-order valence-corrected chi connectivity index (χ4v) is 1.09. The van der Waals surface area contributed by atoms with Crippen LogP contribution in [0.3, 0.4) is 0 Å². The number of rotatable bonds is 0. The van der Waals surface area contributed by atoms with Crippen molar-refractivity contribution in [3.63, 3.8) is 0 Å². The summed E-state index contributed by atoms with van der Waals surface area (Å²) in [4.78, 5) is 0. The van der Waals surface area contributed by atoms with E-state index in [9.17, 15) is 0 Å². The minimum absolute atomic E-state index is 0.230. The predicted molar refractivity (Wildman–Crippen MR) is 35.0 cm³/mol. The van der Waals surface area contributed by atoms with E-state index in [0.717, 1.165) is 12.8 Å². The van der Waals surface area contributed by atoms with Crippen LogP contribution < -0.4 is 0 Å². The molecule has 2 heteroatoms. The Morgan fingerprint density at radius 3 is 2.44 bits per heavy atom. The molecule has 0 spiro atoms. The third-order valence-corrected chi connectivity index (χ3v) is 2.04. The molecule has 3 unspecified atom stereocenters. The molecule has 1 N–H and O–H groups in total. The monoisotopic (exact) mass is 130 g/mol. The molecule has 1 fully saturated rings. The first-order chi connectivity index (χ1) is 4.20. The minimum Gasteiger partial charge on any atom is -0.368 e. The van der Waals surface area contributed by atoms with Gasteiger partial charge >= 0.3 is 0 Å². The summed E-state index contributed by atoms with van der Waals surface area (Å²) in [5.74, 6) is 0.605. The topological polar surface area (TPSA) is 29.5 Å². The minimum atomic E-state index is -0.504. The molecule has 3 atom stereocenters. The maximum absolute atomic E-state index is 8.98. The van der Waals surface area contributed by atoms with Gasteiger partial charge < -0.3 is 9.84 Å². The lowest BCUT2D eigenvalue weighted by molar-refractivity contribution is -0.173. The van der Waals surface area contributed by atoms with E-state index in [2.05, 4.69) is 6.92 Å². The Bertz CT molecular complexity index is 92.9. The maximum Gasteiger partial charge on any atom is 0.154 e. The molecule has 0 amide bonds. The molecule has 0 aromatic rings. The van der Waals surface area contributed by atoms with Crippen molar-refractivity contribution in [2.24, 2.45) is 5.92 Å². The number of hydrogen-bond acceptors (Lipinski definition) is 2. The number of hydrogen-bond donors (Lipinski definition) is 1. The average Bonchev–Trinajstić information content (AvgIpc) is 1.80. The van der Waals surface area contributed by atoms with Crippen LogP contribution in [0.5, 0.6) is 0 Å². The molecule has 1 rings (SSSR count). The van der Waals surface area contributed by atoms with Crippen LogP contribution in [-0.2, 0) is 4.74 Å². The van der Waals surface area contributed by atoms with Crippen LogP contribution in [-0.4, -0.2) is 17.5 Å². The molecule has 0 saturated carbocycles. The Kier molecular flexibility index (Phi) is 2.09. The van der Waals surface area contributed by atoms with E-state index < -0.39 is 6.29 Å². The average molecular weight is 130 g/mol. The molecule has 1 heterocycles. The Morgan fingerprint density at radius 2 is 2.00 bits per heavy atom. The fraction of sp³-hybridized carbons (Fsp3) is 1.00. The van der Waals surface area contributed by atoms with Crippen molar-refractivity contribution >= 4 is 0 Å². The lowest BCUT2D eigenvalue weighted by Crippen LogP contribution is -2.31. The van der Waals surface area contributed by atoms with Crippen molar-refractivity contribution < 1.29 is 9.84 Å². The molecule has 0 aliphatic carbocycles. The van der Waals surface area contributed by atoms with Crippen LogP contribution in [0.25, 0.3) is 0 Å². The van der Waals surface area contributed by atoms with Crippen molar-refractivity contribution in [1.82, 2.24) is 0 Å². The Balaban J connectivity index is 2.35. The lowest BCUT2D eigenvalue weighted by atomic mass is 9.97. The van der Waals surface area contributed by atoms with Gasteiger partial charge in [0, 0.05) is 0 Å². The molecule has 54 valence electrons. The van der Waals surface area contributed by atoms with Gasteiger partial charge in [-0.3, -0.25) is 0 Å². The summed E-state index contributed by atoms with van der Waals surface area (Å²) < 4.78 is 5.15. The first-order valence-corrected chi connectivity index (χ1v) is 3.53. The zero-order chi connectivity index (χ0) is 6.85. The van der Waals surface area contributed by atoms with Gasteiger partial charge in [0.25, 0.3) is 0 Å². The van der Waals surface area contributed by atoms with E-state index in [1.54, 1.807) is 0 Å². The molecule has 9 heavy (non-hydrogen) atoms. The first kappa shape index (κ1) is 7.03. The predicted octanol–water partition coefficient (Wildman–Crippen LogP) is 1.14. The van der Waals surface area contributed by atoms with Gasteiger partial charge in [-0.2, -0.15) is 0 Å². The number of ether oxygens (including phenoxy) is 1. The van der Waals surface area contributed by atoms with Crippen LogP contribution in [0.15, 0.2) is 0 Å². The highest BCUT2D eigenvalue weighted by Gasteiger charge is 2.22. The van der Waals surface area contributed by atoms with Gasteiger partial charge in [-0.15, -0.1) is 0 Å². The van der Waals surface area contributed by atoms with Gasteiger partial charge in [-0.05, 0) is 25.7 Å².